The predicted molar refractivity (Wildman–Crippen MR) is 278 cm³/mol. The molecule has 0 bridgehead atoms. The molecule has 4 N–H and O–H groups in total. The Bertz CT molecular complexity index is 3090. The number of aliphatic hydroxyl groups is 1. The Hall–Kier alpha value is -6.47. The SMILES string of the molecule is CC(C)c1ccccc1[C@@H]1CN(Cc2ccccn2)CCN1C1CC2(CCN(c3cc(Oc4cnc5[nH]ccc5c4)c(C(=O)NS(=O)(=O)c4ccc(NC[C@H]5CC[C@](C)(O)CC5)c([N+](=O)[O-])c4)cc3F)CC2)C1. The summed E-state index contributed by atoms with van der Waals surface area (Å²) >= 11 is 0. The van der Waals surface area contributed by atoms with Crippen LogP contribution in [-0.4, -0.2) is 100 Å². The summed E-state index contributed by atoms with van der Waals surface area (Å²) in [6, 6.07) is 24.9. The van der Waals surface area contributed by atoms with Gasteiger partial charge in [0.1, 0.15) is 28.7 Å². The Morgan fingerprint density at radius 2 is 1.74 bits per heavy atom. The Morgan fingerprint density at radius 1 is 0.973 bits per heavy atom. The number of rotatable bonds is 15. The zero-order chi connectivity index (χ0) is 51.1. The summed E-state index contributed by atoms with van der Waals surface area (Å²) in [6.45, 7) is 11.5. The molecule has 0 unspecified atom stereocenters. The molecule has 1 spiro atoms. The van der Waals surface area contributed by atoms with E-state index in [4.69, 9.17) is 4.74 Å². The van der Waals surface area contributed by atoms with Gasteiger partial charge in [0.05, 0.1) is 38.6 Å². The first-order valence-electron chi connectivity index (χ1n) is 25.5. The van der Waals surface area contributed by atoms with Crippen LogP contribution >= 0.6 is 0 Å². The van der Waals surface area contributed by atoms with Gasteiger partial charge in [-0.2, -0.15) is 0 Å². The zero-order valence-electron chi connectivity index (χ0n) is 41.6. The number of sulfonamides is 1. The lowest BCUT2D eigenvalue weighted by atomic mass is 9.59. The minimum Gasteiger partial charge on any atom is -0.455 e. The minimum atomic E-state index is -4.72. The first-order valence-corrected chi connectivity index (χ1v) is 27.0. The van der Waals surface area contributed by atoms with Crippen molar-refractivity contribution < 1.29 is 32.4 Å². The highest BCUT2D eigenvalue weighted by atomic mass is 32.2. The maximum absolute atomic E-state index is 16.6. The maximum Gasteiger partial charge on any atom is 0.293 e. The number of nitro groups is 1. The van der Waals surface area contributed by atoms with Crippen molar-refractivity contribution in [3.8, 4) is 11.5 Å². The lowest BCUT2D eigenvalue weighted by Crippen LogP contribution is -2.60. The van der Waals surface area contributed by atoms with Gasteiger partial charge in [-0.15, -0.1) is 0 Å². The zero-order valence-corrected chi connectivity index (χ0v) is 42.4. The number of halogens is 1. The van der Waals surface area contributed by atoms with E-state index in [9.17, 15) is 28.4 Å². The lowest BCUT2D eigenvalue weighted by Gasteiger charge is -2.58. The molecule has 16 nitrogen and oxygen atoms in total. The van der Waals surface area contributed by atoms with Crippen molar-refractivity contribution in [2.45, 2.75) is 107 Å². The van der Waals surface area contributed by atoms with Gasteiger partial charge in [-0.1, -0.05) is 44.2 Å². The van der Waals surface area contributed by atoms with Crippen LogP contribution in [0.4, 0.5) is 21.5 Å². The van der Waals surface area contributed by atoms with E-state index in [2.05, 4.69) is 74.2 Å². The topological polar surface area (TPSA) is 199 Å². The average Bonchev–Trinajstić information content (AvgIpc) is 3.84. The molecule has 4 aliphatic rings. The van der Waals surface area contributed by atoms with Crippen molar-refractivity contribution in [2.75, 3.05) is 49.5 Å². The number of fused-ring (bicyclic) bond motifs is 1. The van der Waals surface area contributed by atoms with Crippen LogP contribution in [0.25, 0.3) is 11.0 Å². The number of anilines is 2. The molecule has 2 saturated heterocycles. The van der Waals surface area contributed by atoms with Crippen molar-refractivity contribution in [3.63, 3.8) is 0 Å². The molecule has 384 valence electrons. The van der Waals surface area contributed by atoms with Crippen molar-refractivity contribution >= 4 is 44.0 Å². The highest BCUT2D eigenvalue weighted by Gasteiger charge is 2.50. The van der Waals surface area contributed by atoms with Crippen LogP contribution in [0.5, 0.6) is 11.5 Å². The number of H-pyrrole nitrogens is 1. The van der Waals surface area contributed by atoms with Crippen LogP contribution in [0.15, 0.2) is 108 Å². The molecule has 2 saturated carbocycles. The molecule has 2 aliphatic heterocycles. The van der Waals surface area contributed by atoms with Gasteiger partial charge in [0.2, 0.25) is 0 Å². The van der Waals surface area contributed by atoms with Gasteiger partial charge in [-0.05, 0) is 129 Å². The molecule has 1 atom stereocenters. The number of nitrogens with one attached hydrogen (secondary N) is 3. The third-order valence-electron chi connectivity index (χ3n) is 15.9. The summed E-state index contributed by atoms with van der Waals surface area (Å²) in [5.41, 5.74) is 3.29. The molecule has 18 heteroatoms. The quantitative estimate of drug-likeness (QED) is 0.0561. The number of pyridine rings is 2. The van der Waals surface area contributed by atoms with Crippen molar-refractivity contribution in [1.82, 2.24) is 29.5 Å². The summed E-state index contributed by atoms with van der Waals surface area (Å²) in [5, 5.41) is 26.4. The van der Waals surface area contributed by atoms with E-state index in [-0.39, 0.29) is 45.8 Å². The van der Waals surface area contributed by atoms with Gasteiger partial charge in [0.25, 0.3) is 21.6 Å². The number of amides is 1. The molecule has 10 rings (SSSR count). The Kier molecular flexibility index (Phi) is 14.0. The number of hydrogen-bond donors (Lipinski definition) is 4. The van der Waals surface area contributed by atoms with Crippen LogP contribution in [0.2, 0.25) is 0 Å². The molecule has 6 aromatic rings. The monoisotopic (exact) mass is 1010 g/mol. The van der Waals surface area contributed by atoms with E-state index in [0.717, 1.165) is 87.9 Å². The molecule has 1 amide bonds. The number of aromatic amines is 1. The summed E-state index contributed by atoms with van der Waals surface area (Å²) in [7, 11) is -4.72. The number of carbonyl (C=O) groups excluding carboxylic acids is 1. The van der Waals surface area contributed by atoms with Gasteiger partial charge < -0.3 is 25.0 Å². The first kappa shape index (κ1) is 50.1. The number of benzene rings is 3. The van der Waals surface area contributed by atoms with Crippen LogP contribution < -0.4 is 19.7 Å². The normalized spacial score (nSPS) is 21.8. The molecular formula is C55H64FN9O7S. The third kappa shape index (κ3) is 10.9. The van der Waals surface area contributed by atoms with Gasteiger partial charge >= 0.3 is 0 Å². The molecule has 0 radical (unpaired) electrons. The predicted octanol–water partition coefficient (Wildman–Crippen LogP) is 9.70. The van der Waals surface area contributed by atoms with E-state index in [0.29, 0.717) is 50.1 Å². The minimum absolute atomic E-state index is 0.0885. The highest BCUT2D eigenvalue weighted by Crippen LogP contribution is 2.54. The number of piperazine rings is 1. The summed E-state index contributed by atoms with van der Waals surface area (Å²) in [4.78, 5) is 44.4. The van der Waals surface area contributed by atoms with E-state index in [1.54, 1.807) is 25.3 Å². The van der Waals surface area contributed by atoms with E-state index in [1.807, 2.05) is 28.0 Å². The Labute approximate surface area is 425 Å². The second-order valence-corrected chi connectivity index (χ2v) is 23.0. The molecule has 2 aliphatic carbocycles. The fourth-order valence-electron chi connectivity index (χ4n) is 11.7. The molecule has 3 aromatic heterocycles. The number of aromatic nitrogens is 3. The van der Waals surface area contributed by atoms with E-state index in [1.165, 1.54) is 35.5 Å². The van der Waals surface area contributed by atoms with Gasteiger partial charge in [0, 0.05) is 87.8 Å². The van der Waals surface area contributed by atoms with Crippen molar-refractivity contribution in [3.05, 3.63) is 142 Å². The number of ether oxygens (including phenoxy) is 1. The van der Waals surface area contributed by atoms with Crippen molar-refractivity contribution in [1.29, 1.82) is 0 Å². The van der Waals surface area contributed by atoms with Crippen molar-refractivity contribution in [2.24, 2.45) is 11.3 Å². The summed E-state index contributed by atoms with van der Waals surface area (Å²) in [6.07, 6.45) is 11.5. The standard InChI is InChI=1S/C55H64FN9O7S/c1-36(2)43-9-4-5-10-44(43)50-35-62(34-39-8-6-7-20-57-39)24-25-64(50)40-30-55(31-40)18-22-63(23-19-55)48-29-51(72-41-26-38-15-21-58-52(38)60-33-41)45(28-46(48)56)53(66)61-73(70,71)42-11-12-47(49(27-42)65(68)69)59-32-37-13-16-54(3,67)17-14-37/h4-12,15,20-21,26-29,33,36-37,40,50,59,67H,13-14,16-19,22-25,30-32,34-35H2,1-3H3,(H,58,60)(H,61,66)/t37-,50-,54-/m0/s1. The third-order valence-corrected chi connectivity index (χ3v) is 17.3. The fourth-order valence-corrected chi connectivity index (χ4v) is 12.7. The van der Waals surface area contributed by atoms with Gasteiger partial charge in [0.15, 0.2) is 0 Å². The second kappa shape index (κ2) is 20.4. The number of nitrogens with zero attached hydrogens (tertiary/aromatic N) is 6. The number of hydrogen-bond acceptors (Lipinski definition) is 13. The molecule has 5 heterocycles. The number of piperidine rings is 1. The molecule has 4 fully saturated rings. The molecular weight excluding hydrogens is 950 g/mol. The molecule has 73 heavy (non-hydrogen) atoms. The van der Waals surface area contributed by atoms with Gasteiger partial charge in [-0.25, -0.2) is 22.5 Å². The summed E-state index contributed by atoms with van der Waals surface area (Å²) in [5.74, 6) is -1.20. The maximum atomic E-state index is 16.6. The number of nitro benzene ring substituents is 1. The Morgan fingerprint density at radius 3 is 2.48 bits per heavy atom. The summed E-state index contributed by atoms with van der Waals surface area (Å²) < 4.78 is 52.5. The number of carbonyl (C=O) groups is 1. The van der Waals surface area contributed by atoms with Crippen LogP contribution in [0.1, 0.15) is 111 Å². The van der Waals surface area contributed by atoms with E-state index < -0.39 is 42.9 Å². The largest absolute Gasteiger partial charge is 0.455 e. The molecule has 3 aromatic carbocycles. The lowest BCUT2D eigenvalue weighted by molar-refractivity contribution is -0.384. The van der Waals surface area contributed by atoms with Crippen LogP contribution in [0.3, 0.4) is 0 Å². The Balaban J connectivity index is 0.848. The first-order chi connectivity index (χ1) is 35.0. The fraction of sp³-hybridized carbons (Fsp3) is 0.436. The van der Waals surface area contributed by atoms with Gasteiger partial charge in [-0.3, -0.25) is 29.7 Å². The smallest absolute Gasteiger partial charge is 0.293 e. The van der Waals surface area contributed by atoms with Crippen LogP contribution in [0, 0.1) is 27.3 Å². The average molecular weight is 1010 g/mol. The second-order valence-electron chi connectivity index (χ2n) is 21.3. The van der Waals surface area contributed by atoms with Crippen LogP contribution in [-0.2, 0) is 16.6 Å². The highest BCUT2D eigenvalue weighted by molar-refractivity contribution is 7.90. The van der Waals surface area contributed by atoms with E-state index >= 15 is 4.39 Å².